The summed E-state index contributed by atoms with van der Waals surface area (Å²) in [4.78, 5) is 11.9. The third-order valence-electron chi connectivity index (χ3n) is 3.38. The topological polar surface area (TPSA) is 56.8 Å². The van der Waals surface area contributed by atoms with Gasteiger partial charge in [0.15, 0.2) is 11.5 Å². The summed E-state index contributed by atoms with van der Waals surface area (Å²) in [5, 5.41) is 3.19. The molecule has 0 aromatic heterocycles. The van der Waals surface area contributed by atoms with Crippen LogP contribution in [0.2, 0.25) is 5.02 Å². The Kier molecular flexibility index (Phi) is 7.83. The number of benzene rings is 2. The van der Waals surface area contributed by atoms with Crippen molar-refractivity contribution in [2.75, 3.05) is 26.9 Å². The monoisotopic (exact) mass is 375 g/mol. The number of para-hydroxylation sites is 1. The van der Waals surface area contributed by atoms with Gasteiger partial charge in [-0.2, -0.15) is 0 Å². The quantitative estimate of drug-likeness (QED) is 0.532. The molecule has 2 rings (SSSR count). The molecule has 0 bridgehead atoms. The summed E-state index contributed by atoms with van der Waals surface area (Å²) in [6, 6.07) is 12.9. The van der Waals surface area contributed by atoms with Crippen LogP contribution in [0.4, 0.5) is 0 Å². The van der Waals surface area contributed by atoms with Gasteiger partial charge < -0.3 is 19.5 Å². The van der Waals surface area contributed by atoms with Gasteiger partial charge in [0, 0.05) is 6.08 Å². The van der Waals surface area contributed by atoms with E-state index >= 15 is 0 Å². The van der Waals surface area contributed by atoms with Crippen LogP contribution in [0.3, 0.4) is 0 Å². The Balaban J connectivity index is 1.86. The summed E-state index contributed by atoms with van der Waals surface area (Å²) < 4.78 is 16.3. The number of nitrogens with one attached hydrogen (secondary N) is 1. The number of ether oxygens (including phenoxy) is 3. The van der Waals surface area contributed by atoms with Crippen LogP contribution < -0.4 is 19.5 Å². The molecule has 138 valence electrons. The number of rotatable bonds is 9. The fraction of sp³-hybridized carbons (Fsp3) is 0.250. The first-order chi connectivity index (χ1) is 12.6. The molecule has 0 unspecified atom stereocenters. The van der Waals surface area contributed by atoms with E-state index < -0.39 is 0 Å². The van der Waals surface area contributed by atoms with Crippen LogP contribution >= 0.6 is 11.6 Å². The van der Waals surface area contributed by atoms with Crippen LogP contribution in [-0.2, 0) is 4.79 Å². The number of hydrogen-bond donors (Lipinski definition) is 1. The zero-order valence-electron chi connectivity index (χ0n) is 14.8. The van der Waals surface area contributed by atoms with Crippen molar-refractivity contribution < 1.29 is 19.0 Å². The fourth-order valence-corrected chi connectivity index (χ4v) is 2.48. The second-order valence-corrected chi connectivity index (χ2v) is 5.66. The van der Waals surface area contributed by atoms with Crippen molar-refractivity contribution in [1.29, 1.82) is 0 Å². The van der Waals surface area contributed by atoms with Gasteiger partial charge in [-0.05, 0) is 42.8 Å². The van der Waals surface area contributed by atoms with Gasteiger partial charge in [0.1, 0.15) is 12.4 Å². The zero-order valence-corrected chi connectivity index (χ0v) is 15.6. The summed E-state index contributed by atoms with van der Waals surface area (Å²) in [5.41, 5.74) is 0.742. The van der Waals surface area contributed by atoms with Crippen LogP contribution in [0.5, 0.6) is 17.2 Å². The van der Waals surface area contributed by atoms with Crippen molar-refractivity contribution in [3.05, 3.63) is 59.1 Å². The minimum atomic E-state index is -0.217. The smallest absolute Gasteiger partial charge is 0.244 e. The molecule has 6 heteroatoms. The lowest BCUT2D eigenvalue weighted by Crippen LogP contribution is -2.26. The second kappa shape index (κ2) is 10.4. The molecule has 0 fully saturated rings. The Morgan fingerprint density at radius 1 is 1.19 bits per heavy atom. The Bertz CT molecular complexity index is 747. The average Bonchev–Trinajstić information content (AvgIpc) is 2.66. The van der Waals surface area contributed by atoms with E-state index in [0.29, 0.717) is 36.3 Å². The lowest BCUT2D eigenvalue weighted by molar-refractivity contribution is -0.116. The van der Waals surface area contributed by atoms with Crippen molar-refractivity contribution in [2.24, 2.45) is 0 Å². The first kappa shape index (κ1) is 19.7. The molecule has 0 aliphatic rings. The summed E-state index contributed by atoms with van der Waals surface area (Å²) >= 11 is 6.21. The zero-order chi connectivity index (χ0) is 18.8. The molecule has 0 saturated carbocycles. The van der Waals surface area contributed by atoms with E-state index in [1.54, 1.807) is 25.3 Å². The minimum Gasteiger partial charge on any atom is -0.493 e. The Morgan fingerprint density at radius 3 is 2.65 bits per heavy atom. The van der Waals surface area contributed by atoms with Crippen LogP contribution in [0.15, 0.2) is 48.5 Å². The third-order valence-corrected chi connectivity index (χ3v) is 3.66. The number of carbonyl (C=O) groups excluding carboxylic acids is 1. The van der Waals surface area contributed by atoms with E-state index in [1.807, 2.05) is 37.3 Å². The number of hydrogen-bond acceptors (Lipinski definition) is 4. The van der Waals surface area contributed by atoms with Crippen LogP contribution in [0, 0.1) is 0 Å². The van der Waals surface area contributed by atoms with Gasteiger partial charge in [-0.25, -0.2) is 0 Å². The third kappa shape index (κ3) is 6.01. The first-order valence-electron chi connectivity index (χ1n) is 8.28. The van der Waals surface area contributed by atoms with Crippen molar-refractivity contribution in [3.63, 3.8) is 0 Å². The van der Waals surface area contributed by atoms with Gasteiger partial charge in [-0.15, -0.1) is 0 Å². The molecule has 0 spiro atoms. The summed E-state index contributed by atoms with van der Waals surface area (Å²) in [7, 11) is 1.54. The molecule has 1 amide bonds. The molecule has 0 radical (unpaired) electrons. The van der Waals surface area contributed by atoms with Crippen molar-refractivity contribution >= 4 is 23.6 Å². The van der Waals surface area contributed by atoms with E-state index in [1.165, 1.54) is 6.08 Å². The Hall–Kier alpha value is -2.66. The Morgan fingerprint density at radius 2 is 1.96 bits per heavy atom. The molecule has 1 N–H and O–H groups in total. The first-order valence-corrected chi connectivity index (χ1v) is 8.66. The normalized spacial score (nSPS) is 10.6. The number of methoxy groups -OCH3 is 1. The molecule has 0 saturated heterocycles. The van der Waals surface area contributed by atoms with E-state index in [2.05, 4.69) is 5.32 Å². The average molecular weight is 376 g/mol. The van der Waals surface area contributed by atoms with Crippen LogP contribution in [-0.4, -0.2) is 32.8 Å². The summed E-state index contributed by atoms with van der Waals surface area (Å²) in [6.45, 7) is 3.16. The van der Waals surface area contributed by atoms with Crippen molar-refractivity contribution in [3.8, 4) is 17.2 Å². The molecule has 0 heterocycles. The molecule has 2 aromatic carbocycles. The molecule has 26 heavy (non-hydrogen) atoms. The second-order valence-electron chi connectivity index (χ2n) is 5.25. The number of halogens is 1. The molecular formula is C20H22ClNO4. The van der Waals surface area contributed by atoms with E-state index in [0.717, 1.165) is 11.3 Å². The van der Waals surface area contributed by atoms with Gasteiger partial charge >= 0.3 is 0 Å². The fourth-order valence-electron chi connectivity index (χ4n) is 2.21. The van der Waals surface area contributed by atoms with E-state index in [-0.39, 0.29) is 5.91 Å². The van der Waals surface area contributed by atoms with Gasteiger partial charge in [-0.1, -0.05) is 29.8 Å². The Labute approximate surface area is 158 Å². The lowest BCUT2D eigenvalue weighted by atomic mass is 10.2. The SMILES string of the molecule is CCOc1c(Cl)cc(C=CC(=O)NCCOc2ccccc2)cc1OC. The predicted octanol–water partition coefficient (Wildman–Crippen LogP) is 3.96. The maximum Gasteiger partial charge on any atom is 0.244 e. The minimum absolute atomic E-state index is 0.217. The summed E-state index contributed by atoms with van der Waals surface area (Å²) in [6.07, 6.45) is 3.10. The van der Waals surface area contributed by atoms with E-state index in [9.17, 15) is 4.79 Å². The molecule has 5 nitrogen and oxygen atoms in total. The van der Waals surface area contributed by atoms with Gasteiger partial charge in [0.2, 0.25) is 5.91 Å². The van der Waals surface area contributed by atoms with Gasteiger partial charge in [0.05, 0.1) is 25.3 Å². The maximum atomic E-state index is 11.9. The highest BCUT2D eigenvalue weighted by molar-refractivity contribution is 6.32. The number of amides is 1. The van der Waals surface area contributed by atoms with E-state index in [4.69, 9.17) is 25.8 Å². The maximum absolute atomic E-state index is 11.9. The molecule has 0 aliphatic heterocycles. The van der Waals surface area contributed by atoms with Crippen LogP contribution in [0.25, 0.3) is 6.08 Å². The van der Waals surface area contributed by atoms with Gasteiger partial charge in [-0.3, -0.25) is 4.79 Å². The highest BCUT2D eigenvalue weighted by Crippen LogP contribution is 2.36. The highest BCUT2D eigenvalue weighted by Gasteiger charge is 2.10. The molecule has 0 aliphatic carbocycles. The number of carbonyl (C=O) groups is 1. The summed E-state index contributed by atoms with van der Waals surface area (Å²) in [5.74, 6) is 1.58. The molecule has 2 aromatic rings. The largest absolute Gasteiger partial charge is 0.493 e. The molecule has 0 atom stereocenters. The van der Waals surface area contributed by atoms with Crippen LogP contribution in [0.1, 0.15) is 12.5 Å². The van der Waals surface area contributed by atoms with Gasteiger partial charge in [0.25, 0.3) is 0 Å². The lowest BCUT2D eigenvalue weighted by Gasteiger charge is -2.11. The van der Waals surface area contributed by atoms with Crippen molar-refractivity contribution in [2.45, 2.75) is 6.92 Å². The predicted molar refractivity (Wildman–Crippen MR) is 103 cm³/mol. The molecular weight excluding hydrogens is 354 g/mol. The highest BCUT2D eigenvalue weighted by atomic mass is 35.5. The van der Waals surface area contributed by atoms with Crippen molar-refractivity contribution in [1.82, 2.24) is 5.32 Å². The standard InChI is InChI=1S/C20H22ClNO4/c1-3-25-20-17(21)13-15(14-18(20)24-2)9-10-19(23)22-11-12-26-16-7-5-4-6-8-16/h4-10,13-14H,3,11-12H2,1-2H3,(H,22,23).